The van der Waals surface area contributed by atoms with Crippen LogP contribution in [0.15, 0.2) is 12.3 Å². The van der Waals surface area contributed by atoms with Crippen molar-refractivity contribution in [1.82, 2.24) is 15.2 Å². The van der Waals surface area contributed by atoms with E-state index in [4.69, 9.17) is 11.6 Å². The van der Waals surface area contributed by atoms with E-state index in [9.17, 15) is 18.0 Å². The Kier molecular flexibility index (Phi) is 4.51. The lowest BCUT2D eigenvalue weighted by Gasteiger charge is -2.26. The van der Waals surface area contributed by atoms with Crippen molar-refractivity contribution in [2.24, 2.45) is 5.92 Å². The summed E-state index contributed by atoms with van der Waals surface area (Å²) in [6.45, 7) is 2.86. The van der Waals surface area contributed by atoms with E-state index in [0.717, 1.165) is 45.0 Å². The average Bonchev–Trinajstić information content (AvgIpc) is 2.77. The average molecular weight is 348 g/mol. The molecule has 23 heavy (non-hydrogen) atoms. The number of carbonyl (C=O) groups is 1. The van der Waals surface area contributed by atoms with Crippen LogP contribution in [0.3, 0.4) is 0 Å². The van der Waals surface area contributed by atoms with Crippen molar-refractivity contribution in [2.45, 2.75) is 31.5 Å². The van der Waals surface area contributed by atoms with Crippen LogP contribution in [0.2, 0.25) is 5.02 Å². The highest BCUT2D eigenvalue weighted by atomic mass is 35.5. The lowest BCUT2D eigenvalue weighted by molar-refractivity contribution is -0.137. The molecule has 3 aliphatic heterocycles. The highest BCUT2D eigenvalue weighted by Gasteiger charge is 2.34. The van der Waals surface area contributed by atoms with E-state index in [0.29, 0.717) is 12.1 Å². The van der Waals surface area contributed by atoms with Crippen LogP contribution in [-0.2, 0) is 6.18 Å². The lowest BCUT2D eigenvalue weighted by atomic mass is 9.94. The maximum absolute atomic E-state index is 12.7. The molecule has 4 heterocycles. The van der Waals surface area contributed by atoms with E-state index in [2.05, 4.69) is 15.2 Å². The molecule has 1 aromatic heterocycles. The molecule has 1 N–H and O–H groups in total. The standard InChI is InChI=1S/C15H17ClF3N3O/c16-12-6-13(20-7-11(12)15(17,18)19)14(23)21-10-5-9-1-3-22(8-10)4-2-9/h6-7,9-10H,1-5,8H2,(H,21,23). The molecule has 2 bridgehead atoms. The van der Waals surface area contributed by atoms with E-state index in [1.54, 1.807) is 0 Å². The molecule has 0 radical (unpaired) electrons. The fourth-order valence-corrected chi connectivity index (χ4v) is 3.58. The Hall–Kier alpha value is -1.34. The predicted molar refractivity (Wildman–Crippen MR) is 79.3 cm³/mol. The zero-order valence-electron chi connectivity index (χ0n) is 12.4. The van der Waals surface area contributed by atoms with Crippen molar-refractivity contribution in [3.05, 3.63) is 28.5 Å². The monoisotopic (exact) mass is 347 g/mol. The Balaban J connectivity index is 1.70. The maximum atomic E-state index is 12.7. The summed E-state index contributed by atoms with van der Waals surface area (Å²) in [7, 11) is 0. The van der Waals surface area contributed by atoms with Crippen molar-refractivity contribution in [1.29, 1.82) is 0 Å². The first kappa shape index (κ1) is 16.5. The van der Waals surface area contributed by atoms with Crippen molar-refractivity contribution >= 4 is 17.5 Å². The molecule has 4 rings (SSSR count). The van der Waals surface area contributed by atoms with Crippen LogP contribution in [0.25, 0.3) is 0 Å². The molecular formula is C15H17ClF3N3O. The number of halogens is 4. The van der Waals surface area contributed by atoms with Gasteiger partial charge < -0.3 is 10.2 Å². The molecule has 3 fully saturated rings. The van der Waals surface area contributed by atoms with Crippen molar-refractivity contribution in [3.8, 4) is 0 Å². The predicted octanol–water partition coefficient (Wildman–Crippen LogP) is 2.97. The van der Waals surface area contributed by atoms with Gasteiger partial charge in [0, 0.05) is 18.8 Å². The summed E-state index contributed by atoms with van der Waals surface area (Å²) < 4.78 is 38.0. The van der Waals surface area contributed by atoms with Crippen LogP contribution in [-0.4, -0.2) is 41.5 Å². The van der Waals surface area contributed by atoms with Gasteiger partial charge in [0.2, 0.25) is 0 Å². The highest BCUT2D eigenvalue weighted by molar-refractivity contribution is 6.31. The summed E-state index contributed by atoms with van der Waals surface area (Å²) in [4.78, 5) is 18.2. The van der Waals surface area contributed by atoms with E-state index in [-0.39, 0.29) is 11.7 Å². The largest absolute Gasteiger partial charge is 0.419 e. The van der Waals surface area contributed by atoms with E-state index in [1.165, 1.54) is 0 Å². The van der Waals surface area contributed by atoms with Crippen LogP contribution < -0.4 is 5.32 Å². The first-order valence-corrected chi connectivity index (χ1v) is 7.96. The number of carbonyl (C=O) groups excluding carboxylic acids is 1. The number of alkyl halides is 3. The van der Waals surface area contributed by atoms with Gasteiger partial charge in [0.25, 0.3) is 5.91 Å². The number of hydrogen-bond donors (Lipinski definition) is 1. The van der Waals surface area contributed by atoms with Gasteiger partial charge in [-0.3, -0.25) is 9.78 Å². The van der Waals surface area contributed by atoms with Crippen molar-refractivity contribution in [3.63, 3.8) is 0 Å². The van der Waals surface area contributed by atoms with E-state index in [1.807, 2.05) is 0 Å². The number of piperidine rings is 1. The second-order valence-electron chi connectivity index (χ2n) is 6.20. The molecule has 8 heteroatoms. The number of amides is 1. The fourth-order valence-electron chi connectivity index (χ4n) is 3.32. The van der Waals surface area contributed by atoms with E-state index < -0.39 is 22.7 Å². The molecular weight excluding hydrogens is 331 g/mol. The van der Waals surface area contributed by atoms with Crippen LogP contribution in [0, 0.1) is 5.92 Å². The summed E-state index contributed by atoms with van der Waals surface area (Å²) in [6, 6.07) is 0.978. The summed E-state index contributed by atoms with van der Waals surface area (Å²) >= 11 is 5.64. The fraction of sp³-hybridized carbons (Fsp3) is 0.600. The Morgan fingerprint density at radius 3 is 2.65 bits per heavy atom. The summed E-state index contributed by atoms with van der Waals surface area (Å²) in [6.07, 6.45) is -0.797. The number of fused-ring (bicyclic) bond motifs is 4. The van der Waals surface area contributed by atoms with Crippen LogP contribution in [0.5, 0.6) is 0 Å². The van der Waals surface area contributed by atoms with Gasteiger partial charge in [-0.2, -0.15) is 13.2 Å². The Bertz CT molecular complexity index is 586. The number of rotatable bonds is 2. The summed E-state index contributed by atoms with van der Waals surface area (Å²) in [5.41, 5.74) is -1.12. The van der Waals surface area contributed by atoms with Gasteiger partial charge in [-0.05, 0) is 44.3 Å². The normalized spacial score (nSPS) is 27.6. The smallest absolute Gasteiger partial charge is 0.347 e. The number of pyridine rings is 1. The zero-order valence-corrected chi connectivity index (χ0v) is 13.1. The number of nitrogens with zero attached hydrogens (tertiary/aromatic N) is 2. The Morgan fingerprint density at radius 1 is 1.35 bits per heavy atom. The molecule has 0 aliphatic carbocycles. The second kappa shape index (κ2) is 6.28. The van der Waals surface area contributed by atoms with Crippen molar-refractivity contribution < 1.29 is 18.0 Å². The molecule has 0 saturated carbocycles. The van der Waals surface area contributed by atoms with E-state index >= 15 is 0 Å². The van der Waals surface area contributed by atoms with Gasteiger partial charge in [-0.15, -0.1) is 0 Å². The SMILES string of the molecule is O=C(NC1CC2CCN(CC2)C1)c1cc(Cl)c(C(F)(F)F)cn1. The number of hydrogen-bond acceptors (Lipinski definition) is 3. The third-order valence-electron chi connectivity index (χ3n) is 4.53. The number of aromatic nitrogens is 1. The zero-order chi connectivity index (χ0) is 16.6. The quantitative estimate of drug-likeness (QED) is 0.894. The minimum atomic E-state index is -4.58. The second-order valence-corrected chi connectivity index (χ2v) is 6.60. The molecule has 0 spiro atoms. The lowest BCUT2D eigenvalue weighted by Crippen LogP contribution is -2.42. The summed E-state index contributed by atoms with van der Waals surface area (Å²) in [5, 5.41) is 2.37. The molecule has 0 aromatic carbocycles. The molecule has 126 valence electrons. The van der Waals surface area contributed by atoms with Crippen LogP contribution >= 0.6 is 11.6 Å². The minimum Gasteiger partial charge on any atom is -0.347 e. The Labute approximate surface area is 137 Å². The highest BCUT2D eigenvalue weighted by Crippen LogP contribution is 2.34. The molecule has 1 atom stereocenters. The number of nitrogens with one attached hydrogen (secondary N) is 1. The van der Waals surface area contributed by atoms with Gasteiger partial charge in [0.05, 0.1) is 10.6 Å². The Morgan fingerprint density at radius 2 is 2.04 bits per heavy atom. The third-order valence-corrected chi connectivity index (χ3v) is 4.84. The molecule has 1 aromatic rings. The van der Waals surface area contributed by atoms with Crippen LogP contribution in [0.4, 0.5) is 13.2 Å². The first-order valence-electron chi connectivity index (χ1n) is 7.59. The van der Waals surface area contributed by atoms with Gasteiger partial charge in [0.1, 0.15) is 5.69 Å². The topological polar surface area (TPSA) is 45.2 Å². The van der Waals surface area contributed by atoms with Crippen molar-refractivity contribution in [2.75, 3.05) is 19.6 Å². The third kappa shape index (κ3) is 3.77. The summed E-state index contributed by atoms with van der Waals surface area (Å²) in [5.74, 6) is 0.122. The maximum Gasteiger partial charge on any atom is 0.419 e. The molecule has 4 nitrogen and oxygen atoms in total. The molecule has 3 aliphatic rings. The van der Waals surface area contributed by atoms with Gasteiger partial charge >= 0.3 is 6.18 Å². The first-order chi connectivity index (χ1) is 10.8. The van der Waals surface area contributed by atoms with Crippen LogP contribution in [0.1, 0.15) is 35.3 Å². The van der Waals surface area contributed by atoms with Gasteiger partial charge in [-0.1, -0.05) is 11.6 Å². The minimum absolute atomic E-state index is 0.000341. The van der Waals surface area contributed by atoms with Gasteiger partial charge in [-0.25, -0.2) is 0 Å². The molecule has 1 amide bonds. The molecule has 1 unspecified atom stereocenters. The molecule has 3 saturated heterocycles. The van der Waals surface area contributed by atoms with Gasteiger partial charge in [0.15, 0.2) is 0 Å².